The highest BCUT2D eigenvalue weighted by Crippen LogP contribution is 2.24. The van der Waals surface area contributed by atoms with Gasteiger partial charge in [-0.25, -0.2) is 8.42 Å². The molecule has 0 spiro atoms. The Hall–Kier alpha value is -1.91. The SMILES string of the molecule is CS(=O)(=O)N(CCC(=O)Nc1ccc(C#N)cc1)C1CCCCCC1. The number of carbonyl (C=O) groups excluding carboxylic acids is 1. The van der Waals surface area contributed by atoms with Crippen molar-refractivity contribution in [1.29, 1.82) is 5.26 Å². The van der Waals surface area contributed by atoms with Gasteiger partial charge >= 0.3 is 0 Å². The van der Waals surface area contributed by atoms with Crippen molar-refractivity contribution in [2.45, 2.75) is 51.0 Å². The highest BCUT2D eigenvalue weighted by molar-refractivity contribution is 7.88. The van der Waals surface area contributed by atoms with Crippen LogP contribution in [0.5, 0.6) is 0 Å². The van der Waals surface area contributed by atoms with Crippen molar-refractivity contribution in [3.63, 3.8) is 0 Å². The van der Waals surface area contributed by atoms with Crippen molar-refractivity contribution in [3.8, 4) is 6.07 Å². The number of benzene rings is 1. The van der Waals surface area contributed by atoms with Crippen LogP contribution in [0.2, 0.25) is 0 Å². The summed E-state index contributed by atoms with van der Waals surface area (Å²) in [6, 6.07) is 8.60. The van der Waals surface area contributed by atoms with E-state index in [0.717, 1.165) is 38.5 Å². The minimum absolute atomic E-state index is 0.000196. The molecule has 2 rings (SSSR count). The maximum atomic E-state index is 12.2. The standard InChI is InChI=1S/C18H25N3O3S/c1-25(23,24)21(17-6-4-2-3-5-7-17)13-12-18(22)20-16-10-8-15(14-19)9-11-16/h8-11,17H,2-7,12-13H2,1H3,(H,20,22). The first-order valence-corrected chi connectivity index (χ1v) is 10.5. The van der Waals surface area contributed by atoms with Gasteiger partial charge in [-0.2, -0.15) is 9.57 Å². The molecule has 25 heavy (non-hydrogen) atoms. The van der Waals surface area contributed by atoms with E-state index in [4.69, 9.17) is 5.26 Å². The fourth-order valence-corrected chi connectivity index (χ4v) is 4.40. The van der Waals surface area contributed by atoms with Crippen LogP contribution in [0.1, 0.15) is 50.5 Å². The number of hydrogen-bond donors (Lipinski definition) is 1. The molecule has 0 bridgehead atoms. The number of sulfonamides is 1. The van der Waals surface area contributed by atoms with E-state index in [0.29, 0.717) is 11.3 Å². The Bertz CT molecular complexity index is 715. The average molecular weight is 363 g/mol. The molecule has 1 aromatic carbocycles. The van der Waals surface area contributed by atoms with Gasteiger partial charge in [0.25, 0.3) is 0 Å². The molecule has 0 saturated heterocycles. The van der Waals surface area contributed by atoms with Gasteiger partial charge in [-0.1, -0.05) is 25.7 Å². The fraction of sp³-hybridized carbons (Fsp3) is 0.556. The molecule has 136 valence electrons. The summed E-state index contributed by atoms with van der Waals surface area (Å²) in [5.41, 5.74) is 1.12. The van der Waals surface area contributed by atoms with E-state index in [1.807, 2.05) is 6.07 Å². The third-order valence-electron chi connectivity index (χ3n) is 4.51. The number of nitrogens with one attached hydrogen (secondary N) is 1. The largest absolute Gasteiger partial charge is 0.326 e. The summed E-state index contributed by atoms with van der Waals surface area (Å²) < 4.78 is 25.8. The number of nitrogens with zero attached hydrogens (tertiary/aromatic N) is 2. The first-order valence-electron chi connectivity index (χ1n) is 8.67. The summed E-state index contributed by atoms with van der Waals surface area (Å²) in [6.07, 6.45) is 7.43. The van der Waals surface area contributed by atoms with Crippen LogP contribution in [0.25, 0.3) is 0 Å². The second-order valence-electron chi connectivity index (χ2n) is 6.51. The average Bonchev–Trinajstić information content (AvgIpc) is 2.84. The van der Waals surface area contributed by atoms with Gasteiger partial charge in [-0.05, 0) is 37.1 Å². The molecule has 1 aliphatic rings. The van der Waals surface area contributed by atoms with Crippen molar-refractivity contribution < 1.29 is 13.2 Å². The van der Waals surface area contributed by atoms with Crippen molar-refractivity contribution in [2.75, 3.05) is 18.1 Å². The van der Waals surface area contributed by atoms with E-state index < -0.39 is 10.0 Å². The van der Waals surface area contributed by atoms with Gasteiger partial charge in [0.15, 0.2) is 0 Å². The van der Waals surface area contributed by atoms with Gasteiger partial charge in [0.2, 0.25) is 15.9 Å². The number of rotatable bonds is 6. The Balaban J connectivity index is 1.94. The molecule has 1 amide bonds. The maximum absolute atomic E-state index is 12.2. The van der Waals surface area contributed by atoms with Crippen molar-refractivity contribution in [3.05, 3.63) is 29.8 Å². The summed E-state index contributed by atoms with van der Waals surface area (Å²) in [6.45, 7) is 0.200. The molecule has 1 fully saturated rings. The molecule has 0 aromatic heterocycles. The van der Waals surface area contributed by atoms with Crippen LogP contribution in [0, 0.1) is 11.3 Å². The van der Waals surface area contributed by atoms with Crippen LogP contribution in [-0.4, -0.2) is 37.5 Å². The van der Waals surface area contributed by atoms with Crippen molar-refractivity contribution >= 4 is 21.6 Å². The second kappa shape index (κ2) is 8.97. The van der Waals surface area contributed by atoms with Crippen molar-refractivity contribution in [1.82, 2.24) is 4.31 Å². The number of amides is 1. The lowest BCUT2D eigenvalue weighted by Gasteiger charge is -2.28. The fourth-order valence-electron chi connectivity index (χ4n) is 3.23. The van der Waals surface area contributed by atoms with Gasteiger partial charge in [0.05, 0.1) is 17.9 Å². The highest BCUT2D eigenvalue weighted by Gasteiger charge is 2.27. The molecule has 0 atom stereocenters. The van der Waals surface area contributed by atoms with Crippen molar-refractivity contribution in [2.24, 2.45) is 0 Å². The quantitative estimate of drug-likeness (QED) is 0.787. The van der Waals surface area contributed by atoms with E-state index >= 15 is 0 Å². The molecular weight excluding hydrogens is 338 g/mol. The molecule has 1 aliphatic carbocycles. The highest BCUT2D eigenvalue weighted by atomic mass is 32.2. The van der Waals surface area contributed by atoms with Crippen LogP contribution < -0.4 is 5.32 Å². The lowest BCUT2D eigenvalue weighted by atomic mass is 10.1. The smallest absolute Gasteiger partial charge is 0.225 e. The Morgan fingerprint density at radius 2 is 1.80 bits per heavy atom. The maximum Gasteiger partial charge on any atom is 0.225 e. The van der Waals surface area contributed by atoms with Gasteiger partial charge < -0.3 is 5.32 Å². The first kappa shape index (κ1) is 19.4. The Labute approximate surface area is 149 Å². The number of hydrogen-bond acceptors (Lipinski definition) is 4. The minimum Gasteiger partial charge on any atom is -0.326 e. The van der Waals surface area contributed by atoms with Crippen LogP contribution >= 0.6 is 0 Å². The topological polar surface area (TPSA) is 90.3 Å². The normalized spacial score (nSPS) is 16.2. The molecule has 6 nitrogen and oxygen atoms in total. The van der Waals surface area contributed by atoms with E-state index in [2.05, 4.69) is 5.32 Å². The third-order valence-corrected chi connectivity index (χ3v) is 5.85. The predicted octanol–water partition coefficient (Wildman–Crippen LogP) is 2.87. The lowest BCUT2D eigenvalue weighted by Crippen LogP contribution is -2.41. The second-order valence-corrected chi connectivity index (χ2v) is 8.44. The summed E-state index contributed by atoms with van der Waals surface area (Å²) in [5.74, 6) is -0.230. The number of carbonyl (C=O) groups is 1. The van der Waals surface area contributed by atoms with Crippen LogP contribution in [0.4, 0.5) is 5.69 Å². The Morgan fingerprint density at radius 3 is 2.32 bits per heavy atom. The summed E-state index contributed by atoms with van der Waals surface area (Å²) in [7, 11) is -3.34. The Morgan fingerprint density at radius 1 is 1.20 bits per heavy atom. The zero-order chi connectivity index (χ0) is 18.3. The van der Waals surface area contributed by atoms with E-state index in [-0.39, 0.29) is 24.9 Å². The van der Waals surface area contributed by atoms with E-state index in [9.17, 15) is 13.2 Å². The van der Waals surface area contributed by atoms with E-state index in [1.54, 1.807) is 24.3 Å². The summed E-state index contributed by atoms with van der Waals surface area (Å²) in [5, 5.41) is 11.5. The summed E-state index contributed by atoms with van der Waals surface area (Å²) in [4.78, 5) is 12.2. The molecule has 0 unspecified atom stereocenters. The molecule has 0 aliphatic heterocycles. The molecular formula is C18H25N3O3S. The molecule has 0 radical (unpaired) electrons. The van der Waals surface area contributed by atoms with Crippen LogP contribution in [0.3, 0.4) is 0 Å². The molecule has 1 saturated carbocycles. The first-order chi connectivity index (χ1) is 11.9. The van der Waals surface area contributed by atoms with Gasteiger partial charge in [-0.3, -0.25) is 4.79 Å². The lowest BCUT2D eigenvalue weighted by molar-refractivity contribution is -0.116. The van der Waals surface area contributed by atoms with Gasteiger partial charge in [-0.15, -0.1) is 0 Å². The van der Waals surface area contributed by atoms with Crippen LogP contribution in [-0.2, 0) is 14.8 Å². The van der Waals surface area contributed by atoms with Gasteiger partial charge in [0.1, 0.15) is 0 Å². The zero-order valence-electron chi connectivity index (χ0n) is 14.6. The molecule has 0 heterocycles. The zero-order valence-corrected chi connectivity index (χ0v) is 15.4. The third kappa shape index (κ3) is 6.15. The Kier molecular flexibility index (Phi) is 6.97. The molecule has 1 aromatic rings. The van der Waals surface area contributed by atoms with E-state index in [1.165, 1.54) is 10.6 Å². The predicted molar refractivity (Wildman–Crippen MR) is 97.4 cm³/mol. The number of nitriles is 1. The number of anilines is 1. The van der Waals surface area contributed by atoms with Crippen LogP contribution in [0.15, 0.2) is 24.3 Å². The molecule has 7 heteroatoms. The molecule has 1 N–H and O–H groups in total. The summed E-state index contributed by atoms with van der Waals surface area (Å²) >= 11 is 0. The minimum atomic E-state index is -3.34. The monoisotopic (exact) mass is 363 g/mol. The van der Waals surface area contributed by atoms with Gasteiger partial charge in [0, 0.05) is 24.7 Å².